The average molecular weight is 481 g/mol. The van der Waals surface area contributed by atoms with Crippen LogP contribution in [0.5, 0.6) is 0 Å². The molecular weight excluding hydrogens is 444 g/mol. The molecule has 0 aliphatic carbocycles. The summed E-state index contributed by atoms with van der Waals surface area (Å²) in [6.45, 7) is 4.16. The van der Waals surface area contributed by atoms with Gasteiger partial charge >= 0.3 is 6.03 Å². The molecule has 0 aromatic heterocycles. The van der Waals surface area contributed by atoms with Crippen molar-refractivity contribution in [3.05, 3.63) is 59.7 Å². The third-order valence-electron chi connectivity index (χ3n) is 4.46. The molecule has 0 radical (unpaired) electrons. The van der Waals surface area contributed by atoms with E-state index >= 15 is 0 Å². The van der Waals surface area contributed by atoms with Crippen molar-refractivity contribution >= 4 is 41.1 Å². The predicted molar refractivity (Wildman–Crippen MR) is 146 cm³/mol. The van der Waals surface area contributed by atoms with Gasteiger partial charge in [0.1, 0.15) is 0 Å². The van der Waals surface area contributed by atoms with Crippen molar-refractivity contribution in [3.63, 3.8) is 0 Å². The number of hydrogen-bond acceptors (Lipinski definition) is 6. The van der Waals surface area contributed by atoms with Crippen molar-refractivity contribution in [1.29, 1.82) is 5.41 Å². The van der Waals surface area contributed by atoms with Gasteiger partial charge in [0.05, 0.1) is 17.8 Å². The first-order chi connectivity index (χ1) is 16.9. The summed E-state index contributed by atoms with van der Waals surface area (Å²) in [6, 6.07) is 14.6. The van der Waals surface area contributed by atoms with E-state index in [1.807, 2.05) is 48.5 Å². The van der Waals surface area contributed by atoms with Crippen molar-refractivity contribution in [2.24, 2.45) is 32.5 Å². The maximum Gasteiger partial charge on any atom is 0.323 e. The Kier molecular flexibility index (Phi) is 13.3. The van der Waals surface area contributed by atoms with E-state index in [1.165, 1.54) is 0 Å². The van der Waals surface area contributed by atoms with Gasteiger partial charge in [0, 0.05) is 18.4 Å². The van der Waals surface area contributed by atoms with Crippen molar-refractivity contribution in [1.82, 2.24) is 5.43 Å². The first-order valence-electron chi connectivity index (χ1n) is 11.3. The average Bonchev–Trinajstić information content (AvgIpc) is 2.83. The number of hydrazone groups is 1. The Morgan fingerprint density at radius 1 is 0.857 bits per heavy atom. The molecule has 0 atom stereocenters. The van der Waals surface area contributed by atoms with Crippen LogP contribution in [0.2, 0.25) is 0 Å². The Bertz CT molecular complexity index is 1010. The molecule has 11 nitrogen and oxygen atoms in total. The topological polar surface area (TPSA) is 192 Å². The number of nitrogens with two attached hydrogens (primary N) is 3. The molecule has 2 aromatic rings. The highest BCUT2D eigenvalue weighted by Gasteiger charge is 2.07. The molecule has 0 saturated carbocycles. The predicted octanol–water partition coefficient (Wildman–Crippen LogP) is 3.38. The molecule has 0 spiro atoms. The van der Waals surface area contributed by atoms with Crippen LogP contribution >= 0.6 is 0 Å². The zero-order valence-electron chi connectivity index (χ0n) is 20.5. The number of amides is 2. The van der Waals surface area contributed by atoms with E-state index in [9.17, 15) is 4.79 Å². The Morgan fingerprint density at radius 3 is 1.69 bits per heavy atom. The second-order valence-electron chi connectivity index (χ2n) is 7.25. The van der Waals surface area contributed by atoms with E-state index in [0.29, 0.717) is 11.4 Å². The molecule has 2 amide bonds. The minimum Gasteiger partial charge on any atom is -0.390 e. The fourth-order valence-corrected chi connectivity index (χ4v) is 3.03. The highest BCUT2D eigenvalue weighted by molar-refractivity contribution is 6.03. The number of rotatable bonds is 10. The number of hydrogen-bond donors (Lipinski definition) is 7. The first-order valence-corrected chi connectivity index (χ1v) is 11.3. The molecule has 0 fully saturated rings. The molecule has 0 bridgehead atoms. The van der Waals surface area contributed by atoms with Gasteiger partial charge in [-0.15, -0.1) is 5.10 Å². The summed E-state index contributed by atoms with van der Waals surface area (Å²) in [4.78, 5) is 12.4. The molecule has 0 aliphatic rings. The third kappa shape index (κ3) is 10.8. The summed E-state index contributed by atoms with van der Waals surface area (Å²) in [6.07, 6.45) is 4.27. The lowest BCUT2D eigenvalue weighted by atomic mass is 10.1. The van der Waals surface area contributed by atoms with E-state index in [-0.39, 0.29) is 12.0 Å². The lowest BCUT2D eigenvalue weighted by molar-refractivity contribution is 0.262. The van der Waals surface area contributed by atoms with Crippen molar-refractivity contribution < 1.29 is 4.79 Å². The Morgan fingerprint density at radius 2 is 1.29 bits per heavy atom. The van der Waals surface area contributed by atoms with Gasteiger partial charge in [-0.3, -0.25) is 5.41 Å². The summed E-state index contributed by atoms with van der Waals surface area (Å²) >= 11 is 0. The third-order valence-corrected chi connectivity index (χ3v) is 4.46. The number of urea groups is 1. The van der Waals surface area contributed by atoms with E-state index in [2.05, 4.69) is 50.9 Å². The molecule has 0 saturated heterocycles. The number of carbonyl (C=O) groups is 1. The molecule has 35 heavy (non-hydrogen) atoms. The first kappa shape index (κ1) is 28.6. The molecule has 0 heterocycles. The number of nitrogens with one attached hydrogen (secondary N) is 4. The van der Waals surface area contributed by atoms with Crippen LogP contribution in [0.25, 0.3) is 0 Å². The SMILES string of the molecule is CCC/C(=N/N=C(N)N)c1ccc(NC(=O)Nc2ccc(/C(CCC)=N/NC)cc2)cc1.N=CN. The summed E-state index contributed by atoms with van der Waals surface area (Å²) in [7, 11) is 1.78. The molecular formula is C24H36N10O. The monoisotopic (exact) mass is 480 g/mol. The van der Waals surface area contributed by atoms with Crippen molar-refractivity contribution in [2.45, 2.75) is 39.5 Å². The van der Waals surface area contributed by atoms with Crippen LogP contribution in [0, 0.1) is 5.41 Å². The lowest BCUT2D eigenvalue weighted by Crippen LogP contribution is -2.22. The fraction of sp³-hybridized carbons (Fsp3) is 0.292. The van der Waals surface area contributed by atoms with Gasteiger partial charge in [-0.25, -0.2) is 4.79 Å². The quantitative estimate of drug-likeness (QED) is 0.155. The van der Waals surface area contributed by atoms with Crippen LogP contribution in [0.15, 0.2) is 63.8 Å². The van der Waals surface area contributed by atoms with Crippen LogP contribution in [0.3, 0.4) is 0 Å². The maximum atomic E-state index is 12.4. The van der Waals surface area contributed by atoms with E-state index < -0.39 is 0 Å². The Balaban J connectivity index is 0.00000194. The largest absolute Gasteiger partial charge is 0.390 e. The van der Waals surface area contributed by atoms with Crippen LogP contribution in [0.1, 0.15) is 50.7 Å². The summed E-state index contributed by atoms with van der Waals surface area (Å²) in [5.74, 6) is -0.0857. The van der Waals surface area contributed by atoms with Gasteiger partial charge in [-0.1, -0.05) is 51.0 Å². The Labute approximate surface area is 206 Å². The molecule has 0 aliphatic heterocycles. The zero-order chi connectivity index (χ0) is 26.1. The van der Waals surface area contributed by atoms with Crippen LogP contribution in [-0.4, -0.2) is 36.8 Å². The highest BCUT2D eigenvalue weighted by atomic mass is 16.2. The van der Waals surface area contributed by atoms with Gasteiger partial charge < -0.3 is 33.3 Å². The number of nitrogens with zero attached hydrogens (tertiary/aromatic N) is 3. The summed E-state index contributed by atoms with van der Waals surface area (Å²) in [5, 5.41) is 23.7. The lowest BCUT2D eigenvalue weighted by Gasteiger charge is -2.10. The number of anilines is 2. The molecule has 11 heteroatoms. The number of carbonyl (C=O) groups excluding carboxylic acids is 1. The molecule has 10 N–H and O–H groups in total. The van der Waals surface area contributed by atoms with Gasteiger partial charge in [-0.2, -0.15) is 10.2 Å². The molecule has 2 aromatic carbocycles. The van der Waals surface area contributed by atoms with Gasteiger partial charge in [-0.05, 0) is 48.2 Å². The minimum absolute atomic E-state index is 0.0857. The van der Waals surface area contributed by atoms with Crippen LogP contribution in [0.4, 0.5) is 16.2 Å². The minimum atomic E-state index is -0.328. The molecule has 2 rings (SSSR count). The van der Waals surface area contributed by atoms with Gasteiger partial charge in [0.2, 0.25) is 5.96 Å². The smallest absolute Gasteiger partial charge is 0.323 e. The van der Waals surface area contributed by atoms with Crippen LogP contribution < -0.4 is 33.3 Å². The standard InChI is InChI=1S/C23H32N8O.CH4N2/c1-4-6-20(29-26-3)16-8-12-18(13-9-16)27-23(32)28-19-14-10-17(11-15-19)21(7-5-2)30-31-22(24)25;2-1-3/h8-15,26H,4-7H2,1-3H3,(H4,24,25,31)(H2,27,28,32);1H,(H3,2,3)/b29-20+,30-21-;. The van der Waals surface area contributed by atoms with E-state index in [1.54, 1.807) is 7.05 Å². The van der Waals surface area contributed by atoms with Crippen molar-refractivity contribution in [3.8, 4) is 0 Å². The summed E-state index contributed by atoms with van der Waals surface area (Å²) < 4.78 is 0. The normalized spacial score (nSPS) is 10.9. The summed E-state index contributed by atoms with van der Waals surface area (Å²) in [5.41, 5.74) is 23.0. The van der Waals surface area contributed by atoms with E-state index in [0.717, 1.165) is 54.6 Å². The van der Waals surface area contributed by atoms with Gasteiger partial charge in [0.25, 0.3) is 0 Å². The van der Waals surface area contributed by atoms with Crippen LogP contribution in [-0.2, 0) is 0 Å². The Hall–Kier alpha value is -4.41. The van der Waals surface area contributed by atoms with Gasteiger partial charge in [0.15, 0.2) is 0 Å². The maximum absolute atomic E-state index is 12.4. The highest BCUT2D eigenvalue weighted by Crippen LogP contribution is 2.15. The molecule has 0 unspecified atom stereocenters. The number of guanidine groups is 1. The van der Waals surface area contributed by atoms with E-state index in [4.69, 9.17) is 16.9 Å². The fourth-order valence-electron chi connectivity index (χ4n) is 3.03. The molecule has 188 valence electrons. The second kappa shape index (κ2) is 16.2. The van der Waals surface area contributed by atoms with Crippen molar-refractivity contribution in [2.75, 3.05) is 17.7 Å². The number of benzene rings is 2. The zero-order valence-corrected chi connectivity index (χ0v) is 20.5. The second-order valence-corrected chi connectivity index (χ2v) is 7.25.